The van der Waals surface area contributed by atoms with Crippen LogP contribution in [0.1, 0.15) is 11.7 Å². The number of aliphatic hydroxyl groups excluding tert-OH is 1. The van der Waals surface area contributed by atoms with Crippen molar-refractivity contribution in [3.8, 4) is 0 Å². The van der Waals surface area contributed by atoms with Gasteiger partial charge in [-0.1, -0.05) is 0 Å². The first kappa shape index (κ1) is 8.71. The fourth-order valence-corrected chi connectivity index (χ4v) is 1.62. The minimum atomic E-state index is -0.337. The zero-order valence-electron chi connectivity index (χ0n) is 6.82. The van der Waals surface area contributed by atoms with E-state index in [2.05, 4.69) is 0 Å². The second-order valence-electron chi connectivity index (χ2n) is 2.83. The van der Waals surface area contributed by atoms with Crippen LogP contribution in [0.4, 0.5) is 0 Å². The number of hydrogen-bond acceptors (Lipinski definition) is 3. The summed E-state index contributed by atoms with van der Waals surface area (Å²) in [6, 6.07) is 1.96. The largest absolute Gasteiger partial charge is 0.387 e. The Bertz CT molecular complexity index is 196. The van der Waals surface area contributed by atoms with Gasteiger partial charge in [0.15, 0.2) is 0 Å². The van der Waals surface area contributed by atoms with E-state index in [1.807, 2.05) is 35.8 Å². The standard InChI is InChI=1S/C8H13NOS/c1-9(2)5-8(10)7-3-4-11-6-7/h3-4,6,8,10H,5H2,1-2H3. The third-order valence-electron chi connectivity index (χ3n) is 1.47. The minimum Gasteiger partial charge on any atom is -0.387 e. The van der Waals surface area contributed by atoms with Gasteiger partial charge in [-0.3, -0.25) is 0 Å². The molecule has 2 nitrogen and oxygen atoms in total. The number of likely N-dealkylation sites (N-methyl/N-ethyl adjacent to an activating group) is 1. The van der Waals surface area contributed by atoms with Gasteiger partial charge in [-0.05, 0) is 36.5 Å². The number of thiophene rings is 1. The van der Waals surface area contributed by atoms with Gasteiger partial charge in [-0.25, -0.2) is 0 Å². The van der Waals surface area contributed by atoms with Crippen LogP contribution in [0.3, 0.4) is 0 Å². The van der Waals surface area contributed by atoms with Crippen molar-refractivity contribution in [1.82, 2.24) is 4.90 Å². The summed E-state index contributed by atoms with van der Waals surface area (Å²) >= 11 is 1.62. The zero-order chi connectivity index (χ0) is 8.27. The van der Waals surface area contributed by atoms with Crippen LogP contribution < -0.4 is 0 Å². The lowest BCUT2D eigenvalue weighted by atomic mass is 10.2. The normalized spacial score (nSPS) is 13.8. The first-order chi connectivity index (χ1) is 5.20. The Labute approximate surface area is 71.1 Å². The molecule has 0 aliphatic rings. The van der Waals surface area contributed by atoms with Gasteiger partial charge in [0.05, 0.1) is 6.10 Å². The number of aliphatic hydroxyl groups is 1. The predicted molar refractivity (Wildman–Crippen MR) is 47.8 cm³/mol. The highest BCUT2D eigenvalue weighted by Gasteiger charge is 2.07. The van der Waals surface area contributed by atoms with Crippen LogP contribution in [-0.2, 0) is 0 Å². The SMILES string of the molecule is CN(C)CC(O)c1ccsc1. The fraction of sp³-hybridized carbons (Fsp3) is 0.500. The molecular formula is C8H13NOS. The van der Waals surface area contributed by atoms with E-state index in [9.17, 15) is 5.11 Å². The Balaban J connectivity index is 2.49. The summed E-state index contributed by atoms with van der Waals surface area (Å²) in [7, 11) is 3.91. The molecule has 1 unspecified atom stereocenters. The molecule has 1 heterocycles. The fourth-order valence-electron chi connectivity index (χ4n) is 0.916. The highest BCUT2D eigenvalue weighted by atomic mass is 32.1. The van der Waals surface area contributed by atoms with Crippen molar-refractivity contribution in [2.45, 2.75) is 6.10 Å². The first-order valence-corrected chi connectivity index (χ1v) is 4.49. The molecule has 0 aliphatic carbocycles. The zero-order valence-corrected chi connectivity index (χ0v) is 7.64. The quantitative estimate of drug-likeness (QED) is 0.742. The van der Waals surface area contributed by atoms with E-state index in [4.69, 9.17) is 0 Å². The Morgan fingerprint density at radius 1 is 1.64 bits per heavy atom. The van der Waals surface area contributed by atoms with Gasteiger partial charge in [0.2, 0.25) is 0 Å². The lowest BCUT2D eigenvalue weighted by Gasteiger charge is -2.14. The summed E-state index contributed by atoms with van der Waals surface area (Å²) in [6.07, 6.45) is -0.337. The van der Waals surface area contributed by atoms with Gasteiger partial charge < -0.3 is 10.0 Å². The topological polar surface area (TPSA) is 23.5 Å². The van der Waals surface area contributed by atoms with Crippen molar-refractivity contribution in [2.75, 3.05) is 20.6 Å². The Kier molecular flexibility index (Phi) is 3.05. The number of nitrogens with zero attached hydrogens (tertiary/aromatic N) is 1. The molecule has 62 valence electrons. The van der Waals surface area contributed by atoms with Crippen molar-refractivity contribution in [2.24, 2.45) is 0 Å². The van der Waals surface area contributed by atoms with Crippen molar-refractivity contribution < 1.29 is 5.11 Å². The van der Waals surface area contributed by atoms with Crippen LogP contribution in [0, 0.1) is 0 Å². The van der Waals surface area contributed by atoms with E-state index >= 15 is 0 Å². The van der Waals surface area contributed by atoms with Crippen molar-refractivity contribution in [3.63, 3.8) is 0 Å². The van der Waals surface area contributed by atoms with Crippen LogP contribution in [0.15, 0.2) is 16.8 Å². The highest BCUT2D eigenvalue weighted by molar-refractivity contribution is 7.07. The molecule has 1 N–H and O–H groups in total. The molecule has 0 saturated carbocycles. The van der Waals surface area contributed by atoms with E-state index in [1.54, 1.807) is 11.3 Å². The summed E-state index contributed by atoms with van der Waals surface area (Å²) in [4.78, 5) is 1.97. The molecule has 0 bridgehead atoms. The van der Waals surface area contributed by atoms with E-state index < -0.39 is 0 Å². The molecule has 1 aromatic heterocycles. The van der Waals surface area contributed by atoms with E-state index in [0.29, 0.717) is 6.54 Å². The lowest BCUT2D eigenvalue weighted by molar-refractivity contribution is 0.139. The molecule has 1 rings (SSSR count). The molecule has 0 radical (unpaired) electrons. The first-order valence-electron chi connectivity index (χ1n) is 3.55. The molecule has 0 fully saturated rings. The summed E-state index contributed by atoms with van der Waals surface area (Å²) in [5.74, 6) is 0. The van der Waals surface area contributed by atoms with Crippen molar-refractivity contribution in [3.05, 3.63) is 22.4 Å². The van der Waals surface area contributed by atoms with Crippen molar-refractivity contribution in [1.29, 1.82) is 0 Å². The third kappa shape index (κ3) is 2.61. The van der Waals surface area contributed by atoms with Crippen LogP contribution in [-0.4, -0.2) is 30.6 Å². The van der Waals surface area contributed by atoms with Crippen LogP contribution in [0.2, 0.25) is 0 Å². The Morgan fingerprint density at radius 3 is 2.82 bits per heavy atom. The molecule has 0 amide bonds. The Hall–Kier alpha value is -0.380. The minimum absolute atomic E-state index is 0.337. The molecule has 3 heteroatoms. The van der Waals surface area contributed by atoms with Gasteiger partial charge in [0, 0.05) is 6.54 Å². The average molecular weight is 171 g/mol. The lowest BCUT2D eigenvalue weighted by Crippen LogP contribution is -2.19. The molecule has 11 heavy (non-hydrogen) atoms. The van der Waals surface area contributed by atoms with Gasteiger partial charge in [-0.2, -0.15) is 11.3 Å². The maximum Gasteiger partial charge on any atom is 0.0924 e. The van der Waals surface area contributed by atoms with E-state index in [-0.39, 0.29) is 6.10 Å². The summed E-state index contributed by atoms with van der Waals surface area (Å²) in [5, 5.41) is 13.5. The molecule has 0 aromatic carbocycles. The maximum atomic E-state index is 9.54. The van der Waals surface area contributed by atoms with Crippen LogP contribution in [0.5, 0.6) is 0 Å². The molecule has 0 aliphatic heterocycles. The predicted octanol–water partition coefficient (Wildman–Crippen LogP) is 1.34. The maximum absolute atomic E-state index is 9.54. The summed E-state index contributed by atoms with van der Waals surface area (Å²) < 4.78 is 0. The smallest absolute Gasteiger partial charge is 0.0924 e. The molecule has 0 saturated heterocycles. The Morgan fingerprint density at radius 2 is 2.36 bits per heavy atom. The second-order valence-corrected chi connectivity index (χ2v) is 3.61. The second kappa shape index (κ2) is 3.85. The summed E-state index contributed by atoms with van der Waals surface area (Å²) in [5.41, 5.74) is 1.02. The molecule has 1 aromatic rings. The highest BCUT2D eigenvalue weighted by Crippen LogP contribution is 2.15. The third-order valence-corrected chi connectivity index (χ3v) is 2.17. The van der Waals surface area contributed by atoms with E-state index in [1.165, 1.54) is 0 Å². The van der Waals surface area contributed by atoms with Gasteiger partial charge >= 0.3 is 0 Å². The molecular weight excluding hydrogens is 158 g/mol. The monoisotopic (exact) mass is 171 g/mol. The molecule has 0 spiro atoms. The average Bonchev–Trinajstić information content (AvgIpc) is 2.35. The van der Waals surface area contributed by atoms with Gasteiger partial charge in [0.25, 0.3) is 0 Å². The van der Waals surface area contributed by atoms with Crippen molar-refractivity contribution >= 4 is 11.3 Å². The number of hydrogen-bond donors (Lipinski definition) is 1. The van der Waals surface area contributed by atoms with E-state index in [0.717, 1.165) is 5.56 Å². The van der Waals surface area contributed by atoms with Crippen LogP contribution >= 0.6 is 11.3 Å². The summed E-state index contributed by atoms with van der Waals surface area (Å²) in [6.45, 7) is 0.691. The van der Waals surface area contributed by atoms with Gasteiger partial charge in [0.1, 0.15) is 0 Å². The van der Waals surface area contributed by atoms with Gasteiger partial charge in [-0.15, -0.1) is 0 Å². The molecule has 1 atom stereocenters. The van der Waals surface area contributed by atoms with Crippen LogP contribution in [0.25, 0.3) is 0 Å². The number of rotatable bonds is 3.